The van der Waals surface area contributed by atoms with E-state index in [9.17, 15) is 4.79 Å². The summed E-state index contributed by atoms with van der Waals surface area (Å²) in [5.41, 5.74) is -0.245. The van der Waals surface area contributed by atoms with Crippen LogP contribution in [0, 0.1) is 0 Å². The molecule has 6 heteroatoms. The lowest BCUT2D eigenvalue weighted by molar-refractivity contribution is 0.138. The topological polar surface area (TPSA) is 77.1 Å². The van der Waals surface area contributed by atoms with Crippen LogP contribution in [0.2, 0.25) is 0 Å². The first kappa shape index (κ1) is 10.2. The van der Waals surface area contributed by atoms with E-state index in [0.717, 1.165) is 18.4 Å². The van der Waals surface area contributed by atoms with Gasteiger partial charge in [-0.1, -0.05) is 0 Å². The Balaban J connectivity index is 1.93. The summed E-state index contributed by atoms with van der Waals surface area (Å²) in [6.45, 7) is 1.31. The molecule has 0 saturated carbocycles. The van der Waals surface area contributed by atoms with Gasteiger partial charge in [-0.3, -0.25) is 4.79 Å². The van der Waals surface area contributed by atoms with Crippen LogP contribution in [0.5, 0.6) is 5.88 Å². The summed E-state index contributed by atoms with van der Waals surface area (Å²) in [7, 11) is 0. The second kappa shape index (κ2) is 4.14. The molecule has 0 aromatic carbocycles. The van der Waals surface area contributed by atoms with Crippen molar-refractivity contribution in [2.24, 2.45) is 0 Å². The van der Waals surface area contributed by atoms with Crippen LogP contribution in [0.15, 0.2) is 23.3 Å². The molecule has 1 N–H and O–H groups in total. The Kier molecular flexibility index (Phi) is 2.49. The molecule has 0 spiro atoms. The van der Waals surface area contributed by atoms with Gasteiger partial charge in [0.2, 0.25) is 5.88 Å². The molecular formula is C11H11N3O3. The van der Waals surface area contributed by atoms with Crippen LogP contribution in [0.3, 0.4) is 0 Å². The highest BCUT2D eigenvalue weighted by Gasteiger charge is 2.17. The molecule has 17 heavy (non-hydrogen) atoms. The van der Waals surface area contributed by atoms with Crippen LogP contribution >= 0.6 is 0 Å². The third-order valence-corrected chi connectivity index (χ3v) is 2.70. The number of nitrogens with one attached hydrogen (secondary N) is 1. The number of rotatable bonds is 2. The minimum absolute atomic E-state index is 0.0508. The summed E-state index contributed by atoms with van der Waals surface area (Å²) in [6, 6.07) is 1.72. The third-order valence-electron chi connectivity index (χ3n) is 2.70. The van der Waals surface area contributed by atoms with Crippen molar-refractivity contribution in [2.75, 3.05) is 13.2 Å². The van der Waals surface area contributed by atoms with Crippen LogP contribution in [0.4, 0.5) is 0 Å². The molecule has 2 aromatic rings. The molecule has 1 aliphatic heterocycles. The van der Waals surface area contributed by atoms with Gasteiger partial charge in [0.15, 0.2) is 0 Å². The number of aromatic nitrogens is 3. The number of H-pyrrole nitrogens is 1. The average molecular weight is 233 g/mol. The second-order valence-corrected chi connectivity index (χ2v) is 3.91. The van der Waals surface area contributed by atoms with Gasteiger partial charge in [0.25, 0.3) is 5.56 Å². The summed E-state index contributed by atoms with van der Waals surface area (Å²) in [4.78, 5) is 15.5. The molecule has 6 nitrogen and oxygen atoms in total. The Morgan fingerprint density at radius 2 is 2.41 bits per heavy atom. The molecule has 0 unspecified atom stereocenters. The number of nitrogens with zero attached hydrogens (tertiary/aromatic N) is 2. The van der Waals surface area contributed by atoms with E-state index in [0.29, 0.717) is 17.9 Å². The maximum atomic E-state index is 11.4. The van der Waals surface area contributed by atoms with Gasteiger partial charge in [-0.05, 0) is 0 Å². The smallest absolute Gasteiger partial charge is 0.273 e. The van der Waals surface area contributed by atoms with Crippen molar-refractivity contribution in [2.45, 2.75) is 12.5 Å². The van der Waals surface area contributed by atoms with E-state index in [1.165, 1.54) is 6.20 Å². The molecule has 0 aliphatic carbocycles. The van der Waals surface area contributed by atoms with Crippen LogP contribution < -0.4 is 10.3 Å². The van der Waals surface area contributed by atoms with Gasteiger partial charge >= 0.3 is 0 Å². The predicted octanol–water partition coefficient (Wildman–Crippen LogP) is 0.486. The summed E-state index contributed by atoms with van der Waals surface area (Å²) in [6.07, 6.45) is 4.00. The lowest BCUT2D eigenvalue weighted by Gasteiger charge is -2.10. The van der Waals surface area contributed by atoms with E-state index < -0.39 is 0 Å². The van der Waals surface area contributed by atoms with Crippen molar-refractivity contribution in [1.29, 1.82) is 0 Å². The van der Waals surface area contributed by atoms with Crippen LogP contribution in [-0.4, -0.2) is 34.5 Å². The normalized spacial score (nSPS) is 19.6. The number of hydrogen-bond donors (Lipinski definition) is 1. The highest BCUT2D eigenvalue weighted by atomic mass is 16.5. The lowest BCUT2D eigenvalue weighted by Crippen LogP contribution is -2.16. The summed E-state index contributed by atoms with van der Waals surface area (Å²) < 4.78 is 10.9. The zero-order valence-electron chi connectivity index (χ0n) is 9.05. The molecule has 88 valence electrons. The Morgan fingerprint density at radius 1 is 1.47 bits per heavy atom. The Morgan fingerprint density at radius 3 is 3.24 bits per heavy atom. The largest absolute Gasteiger partial charge is 0.472 e. The van der Waals surface area contributed by atoms with Crippen LogP contribution in [-0.2, 0) is 4.74 Å². The van der Waals surface area contributed by atoms with Crippen LogP contribution in [0.1, 0.15) is 6.42 Å². The SMILES string of the molecule is O=c1[nH]ncc2cc(O[C@H]3CCOC3)ncc12. The Bertz CT molecular complexity index is 590. The van der Waals surface area contributed by atoms with Gasteiger partial charge < -0.3 is 9.47 Å². The third kappa shape index (κ3) is 1.99. The van der Waals surface area contributed by atoms with E-state index in [1.807, 2.05) is 0 Å². The molecular weight excluding hydrogens is 222 g/mol. The Labute approximate surface area is 96.6 Å². The standard InChI is InChI=1S/C11H11N3O3/c15-11-9-5-12-10(3-7(9)4-13-14-11)17-8-1-2-16-6-8/h3-5,8H,1-2,6H2,(H,14,15)/t8-/m0/s1. The highest BCUT2D eigenvalue weighted by Crippen LogP contribution is 2.17. The van der Waals surface area contributed by atoms with Crippen molar-refractivity contribution in [3.05, 3.63) is 28.8 Å². The van der Waals surface area contributed by atoms with Crippen molar-refractivity contribution in [1.82, 2.24) is 15.2 Å². The number of aromatic amines is 1. The molecule has 3 heterocycles. The van der Waals surface area contributed by atoms with Crippen molar-refractivity contribution < 1.29 is 9.47 Å². The minimum atomic E-state index is -0.245. The van der Waals surface area contributed by atoms with E-state index in [4.69, 9.17) is 9.47 Å². The molecule has 1 saturated heterocycles. The summed E-state index contributed by atoms with van der Waals surface area (Å²) in [5, 5.41) is 7.33. The molecule has 1 atom stereocenters. The van der Waals surface area contributed by atoms with Gasteiger partial charge in [-0.2, -0.15) is 5.10 Å². The van der Waals surface area contributed by atoms with Crippen molar-refractivity contribution >= 4 is 10.8 Å². The van der Waals surface area contributed by atoms with E-state index in [-0.39, 0.29) is 11.7 Å². The summed E-state index contributed by atoms with van der Waals surface area (Å²) >= 11 is 0. The summed E-state index contributed by atoms with van der Waals surface area (Å²) in [5.74, 6) is 0.500. The fourth-order valence-electron chi connectivity index (χ4n) is 1.81. The molecule has 1 aliphatic rings. The van der Waals surface area contributed by atoms with Gasteiger partial charge in [0, 0.05) is 24.1 Å². The van der Waals surface area contributed by atoms with Gasteiger partial charge in [0.1, 0.15) is 6.10 Å². The predicted molar refractivity (Wildman–Crippen MR) is 60.0 cm³/mol. The molecule has 2 aromatic heterocycles. The lowest BCUT2D eigenvalue weighted by atomic mass is 10.2. The zero-order valence-corrected chi connectivity index (χ0v) is 9.05. The van der Waals surface area contributed by atoms with Crippen molar-refractivity contribution in [3.8, 4) is 5.88 Å². The van der Waals surface area contributed by atoms with E-state index in [2.05, 4.69) is 15.2 Å². The number of ether oxygens (including phenoxy) is 2. The first-order chi connectivity index (χ1) is 8.33. The first-order valence-electron chi connectivity index (χ1n) is 5.41. The van der Waals surface area contributed by atoms with E-state index in [1.54, 1.807) is 12.3 Å². The first-order valence-corrected chi connectivity index (χ1v) is 5.41. The number of fused-ring (bicyclic) bond motifs is 1. The second-order valence-electron chi connectivity index (χ2n) is 3.91. The monoisotopic (exact) mass is 233 g/mol. The molecule has 0 bridgehead atoms. The highest BCUT2D eigenvalue weighted by molar-refractivity contribution is 5.80. The van der Waals surface area contributed by atoms with Crippen LogP contribution in [0.25, 0.3) is 10.8 Å². The molecule has 0 radical (unpaired) electrons. The van der Waals surface area contributed by atoms with E-state index >= 15 is 0 Å². The molecule has 0 amide bonds. The maximum Gasteiger partial charge on any atom is 0.273 e. The van der Waals surface area contributed by atoms with Gasteiger partial charge in [0.05, 0.1) is 24.8 Å². The maximum absolute atomic E-state index is 11.4. The zero-order chi connectivity index (χ0) is 11.7. The fraction of sp³-hybridized carbons (Fsp3) is 0.364. The fourth-order valence-corrected chi connectivity index (χ4v) is 1.81. The van der Waals surface area contributed by atoms with Gasteiger partial charge in [-0.15, -0.1) is 0 Å². The van der Waals surface area contributed by atoms with Gasteiger partial charge in [-0.25, -0.2) is 10.1 Å². The number of hydrogen-bond acceptors (Lipinski definition) is 5. The average Bonchev–Trinajstić information content (AvgIpc) is 2.82. The Hall–Kier alpha value is -1.95. The van der Waals surface area contributed by atoms with Crippen molar-refractivity contribution in [3.63, 3.8) is 0 Å². The molecule has 3 rings (SSSR count). The molecule has 1 fully saturated rings. The quantitative estimate of drug-likeness (QED) is 0.816. The number of pyridine rings is 1. The minimum Gasteiger partial charge on any atom is -0.472 e.